The number of likely N-dealkylation sites (tertiary alicyclic amines) is 1. The molecule has 1 aliphatic rings. The van der Waals surface area contributed by atoms with Crippen LogP contribution in [0.5, 0.6) is 0 Å². The Morgan fingerprint density at radius 2 is 2.00 bits per heavy atom. The van der Waals surface area contributed by atoms with E-state index in [4.69, 9.17) is 0 Å². The number of hydrogen-bond acceptors (Lipinski definition) is 3. The molecule has 1 unspecified atom stereocenters. The molecule has 20 heavy (non-hydrogen) atoms. The molecule has 2 heterocycles. The van der Waals surface area contributed by atoms with Crippen LogP contribution in [0.4, 0.5) is 0 Å². The summed E-state index contributed by atoms with van der Waals surface area (Å²) >= 11 is 0. The summed E-state index contributed by atoms with van der Waals surface area (Å²) in [5, 5.41) is 7.26. The van der Waals surface area contributed by atoms with Crippen LogP contribution in [0.25, 0.3) is 0 Å². The molecule has 1 aromatic heterocycles. The van der Waals surface area contributed by atoms with Crippen molar-refractivity contribution < 1.29 is 4.79 Å². The molecule has 5 nitrogen and oxygen atoms in total. The van der Waals surface area contributed by atoms with Crippen LogP contribution in [0, 0.1) is 5.92 Å². The normalized spacial score (nSPS) is 19.2. The second kappa shape index (κ2) is 6.39. The van der Waals surface area contributed by atoms with E-state index in [1.807, 2.05) is 26.4 Å². The number of hydrogen-bond donors (Lipinski definition) is 1. The highest BCUT2D eigenvalue weighted by molar-refractivity contribution is 5.79. The minimum Gasteiger partial charge on any atom is -0.349 e. The van der Waals surface area contributed by atoms with E-state index in [2.05, 4.69) is 29.2 Å². The third-order valence-corrected chi connectivity index (χ3v) is 4.21. The molecule has 1 fully saturated rings. The highest BCUT2D eigenvalue weighted by Crippen LogP contribution is 2.20. The third kappa shape index (κ3) is 3.60. The first kappa shape index (κ1) is 15.0. The van der Waals surface area contributed by atoms with Gasteiger partial charge >= 0.3 is 0 Å². The van der Waals surface area contributed by atoms with E-state index in [0.717, 1.165) is 31.5 Å². The molecule has 0 bridgehead atoms. The van der Waals surface area contributed by atoms with Crippen molar-refractivity contribution in [2.24, 2.45) is 13.0 Å². The van der Waals surface area contributed by atoms with Crippen LogP contribution >= 0.6 is 0 Å². The molecule has 2 rings (SSSR count). The fourth-order valence-corrected chi connectivity index (χ4v) is 2.76. The number of nitrogens with zero attached hydrogens (tertiary/aromatic N) is 3. The Balaban J connectivity index is 1.84. The number of carbonyl (C=O) groups excluding carboxylic acids is 1. The van der Waals surface area contributed by atoms with Crippen molar-refractivity contribution >= 4 is 5.91 Å². The Morgan fingerprint density at radius 3 is 2.50 bits per heavy atom. The molecule has 1 N–H and O–H groups in total. The van der Waals surface area contributed by atoms with Gasteiger partial charge in [-0.1, -0.05) is 0 Å². The summed E-state index contributed by atoms with van der Waals surface area (Å²) in [5.41, 5.74) is 1.06. The molecule has 1 aromatic rings. The highest BCUT2D eigenvalue weighted by Gasteiger charge is 2.26. The van der Waals surface area contributed by atoms with Gasteiger partial charge in [-0.05, 0) is 46.7 Å². The first-order valence-corrected chi connectivity index (χ1v) is 7.50. The van der Waals surface area contributed by atoms with Crippen LogP contribution in [0.2, 0.25) is 0 Å². The van der Waals surface area contributed by atoms with Gasteiger partial charge in [0.15, 0.2) is 0 Å². The van der Waals surface area contributed by atoms with Crippen molar-refractivity contribution in [3.8, 4) is 0 Å². The summed E-state index contributed by atoms with van der Waals surface area (Å²) in [4.78, 5) is 14.7. The van der Waals surface area contributed by atoms with Crippen LogP contribution < -0.4 is 5.32 Å². The van der Waals surface area contributed by atoms with Crippen LogP contribution in [-0.2, 0) is 11.8 Å². The smallest absolute Gasteiger partial charge is 0.223 e. The van der Waals surface area contributed by atoms with Gasteiger partial charge in [0.1, 0.15) is 0 Å². The van der Waals surface area contributed by atoms with Gasteiger partial charge in [-0.25, -0.2) is 0 Å². The Bertz CT molecular complexity index is 446. The van der Waals surface area contributed by atoms with E-state index in [0.29, 0.717) is 6.04 Å². The van der Waals surface area contributed by atoms with Crippen molar-refractivity contribution in [3.63, 3.8) is 0 Å². The summed E-state index contributed by atoms with van der Waals surface area (Å²) in [6, 6.07) is 0.604. The number of nitrogens with one attached hydrogen (secondary N) is 1. The molecule has 0 aromatic carbocycles. The van der Waals surface area contributed by atoms with E-state index >= 15 is 0 Å². The van der Waals surface area contributed by atoms with Crippen molar-refractivity contribution in [1.29, 1.82) is 0 Å². The second-order valence-electron chi connectivity index (χ2n) is 6.08. The zero-order valence-electron chi connectivity index (χ0n) is 13.0. The number of aromatic nitrogens is 2. The lowest BCUT2D eigenvalue weighted by Crippen LogP contribution is -2.43. The van der Waals surface area contributed by atoms with Crippen molar-refractivity contribution in [2.45, 2.75) is 45.7 Å². The first-order valence-electron chi connectivity index (χ1n) is 7.50. The van der Waals surface area contributed by atoms with Gasteiger partial charge in [0.25, 0.3) is 0 Å². The molecule has 5 heteroatoms. The average molecular weight is 278 g/mol. The third-order valence-electron chi connectivity index (χ3n) is 4.21. The van der Waals surface area contributed by atoms with Gasteiger partial charge in [0.2, 0.25) is 5.91 Å². The van der Waals surface area contributed by atoms with E-state index in [1.165, 1.54) is 0 Å². The van der Waals surface area contributed by atoms with Crippen LogP contribution in [0.1, 0.15) is 45.2 Å². The molecule has 1 atom stereocenters. The summed E-state index contributed by atoms with van der Waals surface area (Å²) < 4.78 is 1.76. The predicted octanol–water partition coefficient (Wildman–Crippen LogP) is 1.72. The minimum absolute atomic E-state index is 0.0272. The molecule has 0 spiro atoms. The number of rotatable bonds is 4. The zero-order chi connectivity index (χ0) is 14.7. The Kier molecular flexibility index (Phi) is 4.81. The maximum atomic E-state index is 12.3. The van der Waals surface area contributed by atoms with Gasteiger partial charge in [-0.15, -0.1) is 0 Å². The Hall–Kier alpha value is -1.36. The maximum Gasteiger partial charge on any atom is 0.223 e. The molecule has 0 radical (unpaired) electrons. The molecular formula is C15H26N4O. The lowest BCUT2D eigenvalue weighted by atomic mass is 9.94. The highest BCUT2D eigenvalue weighted by atomic mass is 16.1. The van der Waals surface area contributed by atoms with Gasteiger partial charge in [0, 0.05) is 30.8 Å². The lowest BCUT2D eigenvalue weighted by Gasteiger charge is -2.34. The van der Waals surface area contributed by atoms with E-state index in [1.54, 1.807) is 4.68 Å². The largest absolute Gasteiger partial charge is 0.349 e. The number of carbonyl (C=O) groups is 1. The molecule has 1 aliphatic heterocycles. The van der Waals surface area contributed by atoms with Gasteiger partial charge in [-0.2, -0.15) is 5.10 Å². The summed E-state index contributed by atoms with van der Waals surface area (Å²) in [7, 11) is 1.89. The van der Waals surface area contributed by atoms with Gasteiger partial charge in [0.05, 0.1) is 12.2 Å². The minimum atomic E-state index is 0.0272. The average Bonchev–Trinajstić information content (AvgIpc) is 2.85. The maximum absolute atomic E-state index is 12.3. The molecular weight excluding hydrogens is 252 g/mol. The van der Waals surface area contributed by atoms with Gasteiger partial charge < -0.3 is 10.2 Å². The molecule has 1 amide bonds. The summed E-state index contributed by atoms with van der Waals surface area (Å²) in [6.07, 6.45) is 5.69. The van der Waals surface area contributed by atoms with Crippen LogP contribution in [0.15, 0.2) is 12.4 Å². The van der Waals surface area contributed by atoms with Crippen molar-refractivity contribution in [3.05, 3.63) is 18.0 Å². The number of amides is 1. The lowest BCUT2D eigenvalue weighted by molar-refractivity contribution is -0.127. The molecule has 0 aliphatic carbocycles. The SMILES string of the molecule is CC(NC(=O)C1CCN(C(C)C)CC1)c1cnn(C)c1. The van der Waals surface area contributed by atoms with Gasteiger partial charge in [-0.3, -0.25) is 9.48 Å². The molecule has 112 valence electrons. The standard InChI is InChI=1S/C15H26N4O/c1-11(2)19-7-5-13(6-8-19)15(20)17-12(3)14-9-16-18(4)10-14/h9-13H,5-8H2,1-4H3,(H,17,20). The fourth-order valence-electron chi connectivity index (χ4n) is 2.76. The fraction of sp³-hybridized carbons (Fsp3) is 0.733. The van der Waals surface area contributed by atoms with E-state index in [-0.39, 0.29) is 17.9 Å². The Morgan fingerprint density at radius 1 is 1.35 bits per heavy atom. The van der Waals surface area contributed by atoms with Crippen molar-refractivity contribution in [2.75, 3.05) is 13.1 Å². The van der Waals surface area contributed by atoms with Crippen LogP contribution in [-0.4, -0.2) is 39.7 Å². The second-order valence-corrected chi connectivity index (χ2v) is 6.08. The first-order chi connectivity index (χ1) is 9.47. The molecule has 0 saturated carbocycles. The predicted molar refractivity (Wildman–Crippen MR) is 79.2 cm³/mol. The van der Waals surface area contributed by atoms with Crippen molar-refractivity contribution in [1.82, 2.24) is 20.0 Å². The van der Waals surface area contributed by atoms with E-state index < -0.39 is 0 Å². The zero-order valence-corrected chi connectivity index (χ0v) is 13.0. The van der Waals surface area contributed by atoms with E-state index in [9.17, 15) is 4.79 Å². The number of aryl methyl sites for hydroxylation is 1. The summed E-state index contributed by atoms with van der Waals surface area (Å²) in [5.74, 6) is 0.342. The summed E-state index contributed by atoms with van der Waals surface area (Å²) in [6.45, 7) is 8.49. The number of piperidine rings is 1. The molecule has 1 saturated heterocycles. The Labute approximate surface area is 121 Å². The van der Waals surface area contributed by atoms with Crippen LogP contribution in [0.3, 0.4) is 0 Å². The monoisotopic (exact) mass is 278 g/mol. The quantitative estimate of drug-likeness (QED) is 0.912. The topological polar surface area (TPSA) is 50.2 Å².